The number of ether oxygens (including phenoxy) is 2. The Morgan fingerprint density at radius 1 is 1.13 bits per heavy atom. The lowest BCUT2D eigenvalue weighted by Gasteiger charge is -2.26. The van der Waals surface area contributed by atoms with E-state index in [0.29, 0.717) is 23.4 Å². The number of aromatic nitrogens is 2. The molecule has 8 heteroatoms. The first-order valence-corrected chi connectivity index (χ1v) is 9.96. The molecule has 0 atom stereocenters. The van der Waals surface area contributed by atoms with Gasteiger partial charge in [0.1, 0.15) is 6.61 Å². The molecular weight excluding hydrogens is 396 g/mol. The van der Waals surface area contributed by atoms with Gasteiger partial charge in [-0.2, -0.15) is 5.10 Å². The second-order valence-corrected chi connectivity index (χ2v) is 7.08. The van der Waals surface area contributed by atoms with Crippen molar-refractivity contribution in [2.75, 3.05) is 51.4 Å². The van der Waals surface area contributed by atoms with E-state index in [1.54, 1.807) is 6.07 Å². The van der Waals surface area contributed by atoms with Crippen molar-refractivity contribution >= 4 is 22.4 Å². The van der Waals surface area contributed by atoms with E-state index in [-0.39, 0.29) is 25.5 Å². The van der Waals surface area contributed by atoms with E-state index < -0.39 is 0 Å². The molecule has 0 aliphatic carbocycles. The average Bonchev–Trinajstić information content (AvgIpc) is 2.78. The number of nitrogens with zero attached hydrogens (tertiary/aromatic N) is 2. The van der Waals surface area contributed by atoms with Crippen molar-refractivity contribution < 1.29 is 14.3 Å². The van der Waals surface area contributed by atoms with Gasteiger partial charge in [-0.3, -0.25) is 14.5 Å². The van der Waals surface area contributed by atoms with Crippen LogP contribution in [0.4, 0.5) is 5.69 Å². The van der Waals surface area contributed by atoms with Gasteiger partial charge in [0.25, 0.3) is 5.56 Å². The number of amides is 1. The SMILES string of the molecule is C.O=C(COCCN1CCOCC1)Nc1cccc(-c2n[nH]c(=O)c3ccccc23)c1. The number of benzene rings is 2. The Bertz CT molecular complexity index is 1080. The van der Waals surface area contributed by atoms with E-state index >= 15 is 0 Å². The normalized spacial score (nSPS) is 14.2. The number of fused-ring (bicyclic) bond motifs is 1. The van der Waals surface area contributed by atoms with Gasteiger partial charge in [0, 0.05) is 36.3 Å². The summed E-state index contributed by atoms with van der Waals surface area (Å²) in [5, 5.41) is 10.9. The highest BCUT2D eigenvalue weighted by Crippen LogP contribution is 2.26. The number of aromatic amines is 1. The molecule has 1 fully saturated rings. The molecular formula is C23H28N4O4. The fourth-order valence-electron chi connectivity index (χ4n) is 3.46. The minimum absolute atomic E-state index is 0. The Morgan fingerprint density at radius 2 is 1.90 bits per heavy atom. The van der Waals surface area contributed by atoms with Crippen molar-refractivity contribution in [2.45, 2.75) is 7.43 Å². The van der Waals surface area contributed by atoms with Gasteiger partial charge in [0.05, 0.1) is 30.9 Å². The first-order chi connectivity index (χ1) is 14.7. The van der Waals surface area contributed by atoms with Gasteiger partial charge in [-0.05, 0) is 18.2 Å². The number of hydrogen-bond donors (Lipinski definition) is 2. The molecule has 1 amide bonds. The Labute approximate surface area is 181 Å². The van der Waals surface area contributed by atoms with Crippen LogP contribution in [0.5, 0.6) is 0 Å². The lowest BCUT2D eigenvalue weighted by Crippen LogP contribution is -2.38. The molecule has 2 aromatic carbocycles. The molecule has 0 unspecified atom stereocenters. The number of morpholine rings is 1. The van der Waals surface area contributed by atoms with Gasteiger partial charge in [0.15, 0.2) is 0 Å². The molecule has 0 radical (unpaired) electrons. The number of H-pyrrole nitrogens is 1. The third kappa shape index (κ3) is 5.75. The third-order valence-corrected chi connectivity index (χ3v) is 5.00. The number of nitrogens with one attached hydrogen (secondary N) is 2. The van der Waals surface area contributed by atoms with E-state index in [0.717, 1.165) is 43.8 Å². The molecule has 2 N–H and O–H groups in total. The van der Waals surface area contributed by atoms with Crippen LogP contribution in [-0.4, -0.2) is 67.1 Å². The van der Waals surface area contributed by atoms with Crippen LogP contribution >= 0.6 is 0 Å². The summed E-state index contributed by atoms with van der Waals surface area (Å²) in [7, 11) is 0. The highest BCUT2D eigenvalue weighted by molar-refractivity contribution is 5.96. The zero-order valence-corrected chi connectivity index (χ0v) is 16.6. The minimum atomic E-state index is -0.229. The summed E-state index contributed by atoms with van der Waals surface area (Å²) in [5.41, 5.74) is 1.87. The van der Waals surface area contributed by atoms with Crippen molar-refractivity contribution in [2.24, 2.45) is 0 Å². The first-order valence-electron chi connectivity index (χ1n) is 9.96. The number of anilines is 1. The third-order valence-electron chi connectivity index (χ3n) is 5.00. The van der Waals surface area contributed by atoms with Gasteiger partial charge < -0.3 is 14.8 Å². The van der Waals surface area contributed by atoms with Crippen LogP contribution in [0.25, 0.3) is 22.0 Å². The Kier molecular flexibility index (Phi) is 7.88. The second kappa shape index (κ2) is 10.8. The molecule has 0 saturated carbocycles. The molecule has 31 heavy (non-hydrogen) atoms. The van der Waals surface area contributed by atoms with Crippen molar-refractivity contribution in [3.05, 3.63) is 58.9 Å². The van der Waals surface area contributed by atoms with Gasteiger partial charge in [-0.15, -0.1) is 0 Å². The minimum Gasteiger partial charge on any atom is -0.379 e. The highest BCUT2D eigenvalue weighted by Gasteiger charge is 2.11. The molecule has 2 heterocycles. The molecule has 4 rings (SSSR count). The number of carbonyl (C=O) groups excluding carboxylic acids is 1. The quantitative estimate of drug-likeness (QED) is 0.566. The Hall–Kier alpha value is -3.07. The van der Waals surface area contributed by atoms with Crippen LogP contribution in [0.2, 0.25) is 0 Å². The van der Waals surface area contributed by atoms with Crippen LogP contribution in [0.3, 0.4) is 0 Å². The second-order valence-electron chi connectivity index (χ2n) is 7.08. The van der Waals surface area contributed by atoms with Crippen molar-refractivity contribution in [1.82, 2.24) is 15.1 Å². The maximum Gasteiger partial charge on any atom is 0.272 e. The van der Waals surface area contributed by atoms with Crippen LogP contribution in [0, 0.1) is 0 Å². The summed E-state index contributed by atoms with van der Waals surface area (Å²) >= 11 is 0. The van der Waals surface area contributed by atoms with E-state index in [1.807, 2.05) is 42.5 Å². The number of hydrogen-bond acceptors (Lipinski definition) is 6. The smallest absolute Gasteiger partial charge is 0.272 e. The van der Waals surface area contributed by atoms with Crippen molar-refractivity contribution in [1.29, 1.82) is 0 Å². The standard InChI is InChI=1S/C22H24N4O4.CH4/c27-20(15-30-13-10-26-8-11-29-12-9-26)23-17-5-3-4-16(14-17)21-18-6-1-2-7-19(18)22(28)25-24-21;/h1-7,14H,8-13,15H2,(H,23,27)(H,25,28);1H4. The number of rotatable bonds is 7. The predicted octanol–water partition coefficient (Wildman–Crippen LogP) is 2.51. The zero-order valence-electron chi connectivity index (χ0n) is 16.6. The molecule has 1 aliphatic rings. The molecule has 1 aliphatic heterocycles. The Morgan fingerprint density at radius 3 is 2.71 bits per heavy atom. The summed E-state index contributed by atoms with van der Waals surface area (Å²) in [5.74, 6) is -0.214. The van der Waals surface area contributed by atoms with Crippen LogP contribution in [0.1, 0.15) is 7.43 Å². The predicted molar refractivity (Wildman–Crippen MR) is 121 cm³/mol. The molecule has 8 nitrogen and oxygen atoms in total. The molecule has 1 aromatic heterocycles. The van der Waals surface area contributed by atoms with E-state index in [1.165, 1.54) is 0 Å². The average molecular weight is 425 g/mol. The van der Waals surface area contributed by atoms with Crippen molar-refractivity contribution in [3.8, 4) is 11.3 Å². The van der Waals surface area contributed by atoms with Crippen LogP contribution in [0.15, 0.2) is 53.3 Å². The first kappa shape index (κ1) is 22.6. The zero-order chi connectivity index (χ0) is 20.8. The van der Waals surface area contributed by atoms with Crippen molar-refractivity contribution in [3.63, 3.8) is 0 Å². The highest BCUT2D eigenvalue weighted by atomic mass is 16.5. The molecule has 0 spiro atoms. The van der Waals surface area contributed by atoms with Gasteiger partial charge in [-0.1, -0.05) is 37.8 Å². The lowest BCUT2D eigenvalue weighted by molar-refractivity contribution is -0.120. The molecule has 1 saturated heterocycles. The molecule has 164 valence electrons. The summed E-state index contributed by atoms with van der Waals surface area (Å²) in [6, 6.07) is 14.7. The maximum absolute atomic E-state index is 12.2. The van der Waals surface area contributed by atoms with Gasteiger partial charge in [0.2, 0.25) is 5.91 Å². The fraction of sp³-hybridized carbons (Fsp3) is 0.348. The largest absolute Gasteiger partial charge is 0.379 e. The lowest BCUT2D eigenvalue weighted by atomic mass is 10.0. The van der Waals surface area contributed by atoms with Crippen LogP contribution < -0.4 is 10.9 Å². The number of carbonyl (C=O) groups is 1. The maximum atomic E-state index is 12.2. The topological polar surface area (TPSA) is 96.5 Å². The summed E-state index contributed by atoms with van der Waals surface area (Å²) in [6.07, 6.45) is 0. The van der Waals surface area contributed by atoms with Gasteiger partial charge in [-0.25, -0.2) is 5.10 Å². The molecule has 0 bridgehead atoms. The summed E-state index contributed by atoms with van der Waals surface area (Å²) in [6.45, 7) is 4.57. The summed E-state index contributed by atoms with van der Waals surface area (Å²) in [4.78, 5) is 26.5. The molecule has 3 aromatic rings. The summed E-state index contributed by atoms with van der Waals surface area (Å²) < 4.78 is 10.8. The van der Waals surface area contributed by atoms with Gasteiger partial charge >= 0.3 is 0 Å². The fourth-order valence-corrected chi connectivity index (χ4v) is 3.46. The monoisotopic (exact) mass is 424 g/mol. The van der Waals surface area contributed by atoms with E-state index in [2.05, 4.69) is 20.4 Å². The van der Waals surface area contributed by atoms with E-state index in [4.69, 9.17) is 9.47 Å². The van der Waals surface area contributed by atoms with E-state index in [9.17, 15) is 9.59 Å². The van der Waals surface area contributed by atoms with Crippen LogP contribution in [-0.2, 0) is 14.3 Å². The Balaban J connectivity index is 0.00000272.